The quantitative estimate of drug-likeness (QED) is 0.359. The molecule has 0 aromatic heterocycles. The van der Waals surface area contributed by atoms with Crippen molar-refractivity contribution in [2.24, 2.45) is 0 Å². The van der Waals surface area contributed by atoms with E-state index >= 15 is 0 Å². The van der Waals surface area contributed by atoms with E-state index in [1.165, 1.54) is 6.42 Å². The van der Waals surface area contributed by atoms with E-state index in [0.29, 0.717) is 18.1 Å². The summed E-state index contributed by atoms with van der Waals surface area (Å²) in [5, 5.41) is 12.2. The van der Waals surface area contributed by atoms with Crippen molar-refractivity contribution in [3.05, 3.63) is 29.0 Å². The highest BCUT2D eigenvalue weighted by Gasteiger charge is 2.19. The van der Waals surface area contributed by atoms with E-state index in [2.05, 4.69) is 0 Å². The molecule has 0 amide bonds. The highest BCUT2D eigenvalue weighted by atomic mass is 16.5. The highest BCUT2D eigenvalue weighted by molar-refractivity contribution is 5.77. The van der Waals surface area contributed by atoms with Crippen LogP contribution in [0.5, 0.6) is 11.5 Å². The molecule has 1 saturated carbocycles. The maximum Gasteiger partial charge on any atom is 0.182 e. The second kappa shape index (κ2) is 7.17. The van der Waals surface area contributed by atoms with Crippen molar-refractivity contribution in [2.45, 2.75) is 45.1 Å². The molecule has 0 bridgehead atoms. The molecule has 0 N–H and O–H groups in total. The Morgan fingerprint density at radius 2 is 2.00 bits per heavy atom. The molecule has 4 nitrogen and oxygen atoms in total. The van der Waals surface area contributed by atoms with Crippen LogP contribution in [0.2, 0.25) is 0 Å². The molecule has 0 spiro atoms. The number of methoxy groups -OCH3 is 1. The molecule has 4 heteroatoms. The van der Waals surface area contributed by atoms with Crippen molar-refractivity contribution in [2.75, 3.05) is 13.7 Å². The standard InChI is InChI=1S/C16H23NO3/c1-3-20-16-11-13(9-10-15(16)19-2)12-17(18)14-7-5-4-6-8-14/h9-12,14H,3-8H2,1-2H3. The first kappa shape index (κ1) is 14.7. The molecule has 0 unspecified atom stereocenters. The summed E-state index contributed by atoms with van der Waals surface area (Å²) in [6.07, 6.45) is 7.22. The monoisotopic (exact) mass is 277 g/mol. The molecule has 1 fully saturated rings. The van der Waals surface area contributed by atoms with E-state index in [1.54, 1.807) is 13.3 Å². The van der Waals surface area contributed by atoms with Gasteiger partial charge in [-0.3, -0.25) is 0 Å². The Morgan fingerprint density at radius 3 is 2.65 bits per heavy atom. The molecule has 20 heavy (non-hydrogen) atoms. The Morgan fingerprint density at radius 1 is 1.25 bits per heavy atom. The van der Waals surface area contributed by atoms with Gasteiger partial charge in [-0.25, -0.2) is 4.74 Å². The van der Waals surface area contributed by atoms with E-state index in [0.717, 1.165) is 36.0 Å². The molecule has 1 aliphatic rings. The molecule has 110 valence electrons. The molecule has 0 aliphatic heterocycles. The van der Waals surface area contributed by atoms with Gasteiger partial charge in [0.05, 0.1) is 13.7 Å². The van der Waals surface area contributed by atoms with Gasteiger partial charge in [-0.2, -0.15) is 0 Å². The van der Waals surface area contributed by atoms with Gasteiger partial charge in [-0.1, -0.05) is 6.42 Å². The van der Waals surface area contributed by atoms with E-state index in [4.69, 9.17) is 9.47 Å². The van der Waals surface area contributed by atoms with Crippen molar-refractivity contribution in [1.29, 1.82) is 0 Å². The van der Waals surface area contributed by atoms with Crippen LogP contribution in [0, 0.1) is 5.21 Å². The molecule has 1 aromatic rings. The average molecular weight is 277 g/mol. The molecule has 0 atom stereocenters. The summed E-state index contributed by atoms with van der Waals surface area (Å²) < 4.78 is 11.9. The van der Waals surface area contributed by atoms with Crippen LogP contribution in [0.25, 0.3) is 0 Å². The molecule has 1 aliphatic carbocycles. The summed E-state index contributed by atoms with van der Waals surface area (Å²) in [4.78, 5) is 0. The number of ether oxygens (including phenoxy) is 2. The minimum Gasteiger partial charge on any atom is -0.624 e. The molecular formula is C16H23NO3. The van der Waals surface area contributed by atoms with Crippen LogP contribution in [0.3, 0.4) is 0 Å². The normalized spacial score (nSPS) is 17.0. The Hall–Kier alpha value is -1.71. The Bertz CT molecular complexity index is 465. The molecule has 0 radical (unpaired) electrons. The fourth-order valence-electron chi connectivity index (χ4n) is 2.63. The zero-order valence-electron chi connectivity index (χ0n) is 12.3. The number of hydroxylamine groups is 1. The second-order valence-electron chi connectivity index (χ2n) is 5.12. The number of rotatable bonds is 5. The lowest BCUT2D eigenvalue weighted by Gasteiger charge is -2.20. The average Bonchev–Trinajstić information content (AvgIpc) is 2.49. The van der Waals surface area contributed by atoms with Crippen LogP contribution in [-0.4, -0.2) is 30.7 Å². The highest BCUT2D eigenvalue weighted by Crippen LogP contribution is 2.27. The number of hydrogen-bond donors (Lipinski definition) is 0. The fraction of sp³-hybridized carbons (Fsp3) is 0.562. The van der Waals surface area contributed by atoms with Crippen LogP contribution in [0.1, 0.15) is 44.6 Å². The fourth-order valence-corrected chi connectivity index (χ4v) is 2.63. The van der Waals surface area contributed by atoms with Gasteiger partial charge >= 0.3 is 0 Å². The molecule has 1 aromatic carbocycles. The first-order valence-corrected chi connectivity index (χ1v) is 7.35. The summed E-state index contributed by atoms with van der Waals surface area (Å²) in [6, 6.07) is 5.71. The van der Waals surface area contributed by atoms with Crippen LogP contribution in [0.15, 0.2) is 18.2 Å². The van der Waals surface area contributed by atoms with Crippen LogP contribution < -0.4 is 9.47 Å². The van der Waals surface area contributed by atoms with Crippen LogP contribution in [0.4, 0.5) is 0 Å². The van der Waals surface area contributed by atoms with E-state index < -0.39 is 0 Å². The smallest absolute Gasteiger partial charge is 0.182 e. The van der Waals surface area contributed by atoms with Crippen LogP contribution in [-0.2, 0) is 0 Å². The van der Waals surface area contributed by atoms with Crippen molar-refractivity contribution in [1.82, 2.24) is 0 Å². The Labute approximate surface area is 120 Å². The van der Waals surface area contributed by atoms with Gasteiger partial charge in [-0.05, 0) is 38.0 Å². The zero-order valence-corrected chi connectivity index (χ0v) is 12.3. The predicted molar refractivity (Wildman–Crippen MR) is 79.8 cm³/mol. The summed E-state index contributed by atoms with van der Waals surface area (Å²) in [5.41, 5.74) is 0.856. The Balaban J connectivity index is 2.17. The maximum atomic E-state index is 12.2. The minimum atomic E-state index is 0.126. The molecule has 0 heterocycles. The molecule has 2 rings (SSSR count). The SMILES string of the molecule is CCOc1cc(C=[N+]([O-])C2CCCCC2)ccc1OC. The van der Waals surface area contributed by atoms with Crippen molar-refractivity contribution < 1.29 is 14.2 Å². The lowest BCUT2D eigenvalue weighted by Crippen LogP contribution is -2.25. The van der Waals surface area contributed by atoms with Gasteiger partial charge < -0.3 is 14.7 Å². The number of hydrogen-bond acceptors (Lipinski definition) is 3. The number of nitrogens with zero attached hydrogens (tertiary/aromatic N) is 1. The van der Waals surface area contributed by atoms with Gasteiger partial charge in [0.25, 0.3) is 0 Å². The third-order valence-electron chi connectivity index (χ3n) is 3.70. The summed E-state index contributed by atoms with van der Waals surface area (Å²) >= 11 is 0. The third kappa shape index (κ3) is 3.65. The lowest BCUT2D eigenvalue weighted by atomic mass is 9.96. The van der Waals surface area contributed by atoms with Crippen molar-refractivity contribution >= 4 is 6.21 Å². The Kier molecular flexibility index (Phi) is 5.27. The van der Waals surface area contributed by atoms with E-state index in [1.807, 2.05) is 25.1 Å². The molecule has 0 saturated heterocycles. The first-order chi connectivity index (χ1) is 9.74. The predicted octanol–water partition coefficient (Wildman–Crippen LogP) is 3.36. The van der Waals surface area contributed by atoms with Gasteiger partial charge in [-0.15, -0.1) is 0 Å². The molecular weight excluding hydrogens is 254 g/mol. The van der Waals surface area contributed by atoms with Crippen molar-refractivity contribution in [3.63, 3.8) is 0 Å². The topological polar surface area (TPSA) is 44.5 Å². The first-order valence-electron chi connectivity index (χ1n) is 7.35. The summed E-state index contributed by atoms with van der Waals surface area (Å²) in [6.45, 7) is 2.50. The van der Waals surface area contributed by atoms with Crippen molar-refractivity contribution in [3.8, 4) is 11.5 Å². The van der Waals surface area contributed by atoms with Crippen LogP contribution >= 0.6 is 0 Å². The summed E-state index contributed by atoms with van der Waals surface area (Å²) in [7, 11) is 1.61. The number of benzene rings is 1. The van der Waals surface area contributed by atoms with Gasteiger partial charge in [0.2, 0.25) is 0 Å². The van der Waals surface area contributed by atoms with E-state index in [-0.39, 0.29) is 6.04 Å². The lowest BCUT2D eigenvalue weighted by molar-refractivity contribution is -0.500. The zero-order chi connectivity index (χ0) is 14.4. The summed E-state index contributed by atoms with van der Waals surface area (Å²) in [5.74, 6) is 1.37. The van der Waals surface area contributed by atoms with E-state index in [9.17, 15) is 5.21 Å². The minimum absolute atomic E-state index is 0.126. The van der Waals surface area contributed by atoms with Gasteiger partial charge in [0, 0.05) is 18.4 Å². The largest absolute Gasteiger partial charge is 0.624 e. The van der Waals surface area contributed by atoms with Gasteiger partial charge in [0.15, 0.2) is 23.8 Å². The maximum absolute atomic E-state index is 12.2. The second-order valence-corrected chi connectivity index (χ2v) is 5.12. The third-order valence-corrected chi connectivity index (χ3v) is 3.70. The van der Waals surface area contributed by atoms with Gasteiger partial charge in [0.1, 0.15) is 0 Å².